The van der Waals surface area contributed by atoms with Gasteiger partial charge in [-0.3, -0.25) is 0 Å². The van der Waals surface area contributed by atoms with Gasteiger partial charge in [-0.25, -0.2) is 0 Å². The van der Waals surface area contributed by atoms with Crippen molar-refractivity contribution in [3.8, 4) is 0 Å². The van der Waals surface area contributed by atoms with Gasteiger partial charge in [0, 0.05) is 0 Å². The van der Waals surface area contributed by atoms with Crippen molar-refractivity contribution in [2.75, 3.05) is 0 Å². The largest absolute Gasteiger partial charge is 0.245 e. The highest BCUT2D eigenvalue weighted by Gasteiger charge is 2.22. The van der Waals surface area contributed by atoms with Crippen LogP contribution in [0.4, 0.5) is 0 Å². The van der Waals surface area contributed by atoms with Gasteiger partial charge >= 0.3 is 0 Å². The van der Waals surface area contributed by atoms with Crippen LogP contribution in [0.3, 0.4) is 0 Å². The zero-order valence-electron chi connectivity index (χ0n) is 8.93. The van der Waals surface area contributed by atoms with E-state index in [1.165, 1.54) is 22.4 Å². The van der Waals surface area contributed by atoms with Gasteiger partial charge in [-0.05, 0) is 0 Å². The first-order valence-corrected chi connectivity index (χ1v) is 8.08. The van der Waals surface area contributed by atoms with Gasteiger partial charge in [0.05, 0.1) is 0 Å². The predicted molar refractivity (Wildman–Crippen MR) is 60.8 cm³/mol. The molecule has 0 aromatic rings. The zero-order chi connectivity index (χ0) is 8.93. The maximum absolute atomic E-state index is 1.61. The number of hydrogen-bond donors (Lipinski definition) is 0. The standard InChI is InChI=1S/2C6H11.Al.H/c2*1-2-4-6-5-3-1;;/h2*1H,2-6H2;;. The summed E-state index contributed by atoms with van der Waals surface area (Å²) >= 11 is 0.320. The molecule has 0 atom stereocenters. The minimum absolute atomic E-state index is 0.320. The Kier molecular flexibility index (Phi) is 4.20. The van der Waals surface area contributed by atoms with Crippen LogP contribution in [0.25, 0.3) is 0 Å². The molecular formula is C12H23Al. The molecule has 0 radical (unpaired) electrons. The maximum Gasteiger partial charge on any atom is 0.245 e. The third-order valence-electron chi connectivity index (χ3n) is 4.12. The van der Waals surface area contributed by atoms with Crippen molar-refractivity contribution < 1.29 is 0 Å². The van der Waals surface area contributed by atoms with Crippen molar-refractivity contribution in [3.05, 3.63) is 0 Å². The van der Waals surface area contributed by atoms with Crippen LogP contribution in [0.15, 0.2) is 0 Å². The molecule has 74 valence electrons. The Labute approximate surface area is 89.2 Å². The fourth-order valence-electron chi connectivity index (χ4n) is 3.32. The molecule has 0 heterocycles. The van der Waals surface area contributed by atoms with Crippen molar-refractivity contribution in [1.82, 2.24) is 0 Å². The molecular weight excluding hydrogens is 171 g/mol. The first-order valence-electron chi connectivity index (χ1n) is 6.45. The van der Waals surface area contributed by atoms with Gasteiger partial charge in [0.15, 0.2) is 0 Å². The lowest BCUT2D eigenvalue weighted by Crippen LogP contribution is -2.16. The van der Waals surface area contributed by atoms with E-state index >= 15 is 0 Å². The number of rotatable bonds is 2. The summed E-state index contributed by atoms with van der Waals surface area (Å²) in [7, 11) is 0. The average molecular weight is 194 g/mol. The smallest absolute Gasteiger partial charge is 0.0857 e. The first-order chi connectivity index (χ1) is 6.45. The van der Waals surface area contributed by atoms with Gasteiger partial charge in [0.25, 0.3) is 0 Å². The van der Waals surface area contributed by atoms with E-state index in [1.807, 2.05) is 0 Å². The minimum atomic E-state index is 0.320. The van der Waals surface area contributed by atoms with Gasteiger partial charge in [-0.2, -0.15) is 0 Å². The van der Waals surface area contributed by atoms with Crippen molar-refractivity contribution in [1.29, 1.82) is 0 Å². The van der Waals surface area contributed by atoms with Crippen LogP contribution in [0.1, 0.15) is 64.2 Å². The second-order valence-electron chi connectivity index (χ2n) is 5.24. The molecule has 0 N–H and O–H groups in total. The summed E-state index contributed by atoms with van der Waals surface area (Å²) in [5.41, 5.74) is 0. The van der Waals surface area contributed by atoms with Crippen molar-refractivity contribution in [2.45, 2.75) is 73.8 Å². The van der Waals surface area contributed by atoms with Crippen LogP contribution in [0.2, 0.25) is 9.56 Å². The third kappa shape index (κ3) is 3.30. The molecule has 13 heavy (non-hydrogen) atoms. The van der Waals surface area contributed by atoms with E-state index in [9.17, 15) is 0 Å². The summed E-state index contributed by atoms with van der Waals surface area (Å²) in [4.78, 5) is 0. The summed E-state index contributed by atoms with van der Waals surface area (Å²) in [5.74, 6) is 0. The molecule has 2 aliphatic rings. The van der Waals surface area contributed by atoms with Gasteiger partial charge < -0.3 is 0 Å². The van der Waals surface area contributed by atoms with E-state index in [1.54, 1.807) is 51.4 Å². The van der Waals surface area contributed by atoms with Crippen LogP contribution in [-0.4, -0.2) is 15.2 Å². The summed E-state index contributed by atoms with van der Waals surface area (Å²) in [6.45, 7) is 0. The van der Waals surface area contributed by atoms with Crippen LogP contribution >= 0.6 is 0 Å². The lowest BCUT2D eigenvalue weighted by molar-refractivity contribution is 0.470. The molecule has 2 aliphatic carbocycles. The van der Waals surface area contributed by atoms with Crippen molar-refractivity contribution in [3.63, 3.8) is 0 Å². The molecule has 0 aliphatic heterocycles. The second kappa shape index (κ2) is 5.42. The quantitative estimate of drug-likeness (QED) is 0.584. The normalized spacial score (nSPS) is 27.4. The van der Waals surface area contributed by atoms with Crippen LogP contribution in [0, 0.1) is 0 Å². The predicted octanol–water partition coefficient (Wildman–Crippen LogP) is 3.93. The molecule has 0 saturated heterocycles. The Morgan fingerprint density at radius 1 is 0.538 bits per heavy atom. The highest BCUT2D eigenvalue weighted by Crippen LogP contribution is 2.36. The molecule has 0 spiro atoms. The molecule has 1 heteroatoms. The van der Waals surface area contributed by atoms with Gasteiger partial charge in [-0.15, -0.1) is 0 Å². The van der Waals surface area contributed by atoms with E-state index in [0.29, 0.717) is 15.2 Å². The summed E-state index contributed by atoms with van der Waals surface area (Å²) in [6, 6.07) is 0. The van der Waals surface area contributed by atoms with Crippen LogP contribution < -0.4 is 0 Å². The lowest BCUT2D eigenvalue weighted by atomic mass is 9.99. The van der Waals surface area contributed by atoms with E-state index in [-0.39, 0.29) is 0 Å². The van der Waals surface area contributed by atoms with E-state index in [2.05, 4.69) is 0 Å². The zero-order valence-corrected chi connectivity index (χ0v) is 10.3. The Balaban J connectivity index is 1.69. The molecule has 0 aromatic carbocycles. The third-order valence-corrected chi connectivity index (χ3v) is 7.08. The number of hydrogen-bond acceptors (Lipinski definition) is 0. The van der Waals surface area contributed by atoms with Gasteiger partial charge in [0.2, 0.25) is 15.2 Å². The molecule has 0 unspecified atom stereocenters. The summed E-state index contributed by atoms with van der Waals surface area (Å²) in [5, 5.41) is 0. The Morgan fingerprint density at radius 3 is 1.31 bits per heavy atom. The highest BCUT2D eigenvalue weighted by molar-refractivity contribution is 6.39. The van der Waals surface area contributed by atoms with Crippen LogP contribution in [-0.2, 0) is 0 Å². The van der Waals surface area contributed by atoms with E-state index in [0.717, 1.165) is 0 Å². The van der Waals surface area contributed by atoms with Gasteiger partial charge in [0.1, 0.15) is 0 Å². The van der Waals surface area contributed by atoms with Crippen molar-refractivity contribution >= 4 is 15.2 Å². The first kappa shape index (κ1) is 10.1. The second-order valence-corrected chi connectivity index (χ2v) is 8.02. The topological polar surface area (TPSA) is 0 Å². The Bertz CT molecular complexity index is 116. The summed E-state index contributed by atoms with van der Waals surface area (Å²) < 4.78 is 2.52. The van der Waals surface area contributed by atoms with E-state index in [4.69, 9.17) is 0 Å². The molecule has 0 nitrogen and oxygen atoms in total. The maximum atomic E-state index is 1.61. The van der Waals surface area contributed by atoms with Crippen LogP contribution in [0.5, 0.6) is 0 Å². The minimum Gasteiger partial charge on any atom is -0.0857 e. The molecule has 2 rings (SSSR count). The van der Waals surface area contributed by atoms with E-state index < -0.39 is 0 Å². The lowest BCUT2D eigenvalue weighted by Gasteiger charge is -2.27. The molecule has 0 amide bonds. The molecule has 0 bridgehead atoms. The molecule has 0 aromatic heterocycles. The van der Waals surface area contributed by atoms with Crippen molar-refractivity contribution in [2.24, 2.45) is 0 Å². The monoisotopic (exact) mass is 194 g/mol. The fraction of sp³-hybridized carbons (Fsp3) is 1.00. The summed E-state index contributed by atoms with van der Waals surface area (Å²) in [6.07, 6.45) is 15.8. The van der Waals surface area contributed by atoms with Gasteiger partial charge in [-0.1, -0.05) is 73.8 Å². The SMILES string of the molecule is C1CC[CH]([AlH][CH]2CCCCC2)CC1. The molecule has 2 fully saturated rings. The Hall–Kier alpha value is 0.532. The average Bonchev–Trinajstić information content (AvgIpc) is 2.21. The Morgan fingerprint density at radius 2 is 0.923 bits per heavy atom. The fourth-order valence-corrected chi connectivity index (χ4v) is 6.36. The molecule has 2 saturated carbocycles. The highest BCUT2D eigenvalue weighted by atomic mass is 27.1.